The molecule has 82 valence electrons. The van der Waals surface area contributed by atoms with Gasteiger partial charge in [0.1, 0.15) is 0 Å². The monoisotopic (exact) mass is 234 g/mol. The molecular weight excluding hydrogens is 224 g/mol. The van der Waals surface area contributed by atoms with E-state index in [-0.39, 0.29) is 23.7 Å². The van der Waals surface area contributed by atoms with Gasteiger partial charge in [0.25, 0.3) is 0 Å². The second-order valence-electron chi connectivity index (χ2n) is 3.98. The van der Waals surface area contributed by atoms with Crippen molar-refractivity contribution in [2.24, 2.45) is 11.8 Å². The summed E-state index contributed by atoms with van der Waals surface area (Å²) >= 11 is 1.33. The molecule has 2 atom stereocenters. The highest BCUT2D eigenvalue weighted by atomic mass is 32.1. The van der Waals surface area contributed by atoms with Crippen molar-refractivity contribution >= 4 is 28.3 Å². The molecule has 1 aliphatic carbocycles. The molecule has 0 radical (unpaired) electrons. The van der Waals surface area contributed by atoms with Crippen LogP contribution < -0.4 is 4.90 Å². The van der Waals surface area contributed by atoms with Crippen LogP contribution in [-0.4, -0.2) is 16.8 Å². The van der Waals surface area contributed by atoms with Crippen LogP contribution in [0.25, 0.3) is 0 Å². The quantitative estimate of drug-likeness (QED) is 0.548. The van der Waals surface area contributed by atoms with Crippen molar-refractivity contribution in [3.63, 3.8) is 0 Å². The maximum absolute atomic E-state index is 12.1. The normalized spacial score (nSPS) is 28.6. The molecular formula is C11H10N2O2S. The minimum Gasteiger partial charge on any atom is -0.274 e. The number of nitrogens with zero attached hydrogens (tertiary/aromatic N) is 2. The molecule has 2 amide bonds. The molecule has 0 aromatic carbocycles. The summed E-state index contributed by atoms with van der Waals surface area (Å²) in [5.41, 5.74) is 0. The lowest BCUT2D eigenvalue weighted by atomic mass is 9.85. The third-order valence-corrected chi connectivity index (χ3v) is 3.87. The van der Waals surface area contributed by atoms with Gasteiger partial charge in [0, 0.05) is 11.6 Å². The first-order valence-electron chi connectivity index (χ1n) is 5.21. The lowest BCUT2D eigenvalue weighted by molar-refractivity contribution is -0.122. The van der Waals surface area contributed by atoms with Crippen LogP contribution in [0.4, 0.5) is 5.13 Å². The van der Waals surface area contributed by atoms with Gasteiger partial charge < -0.3 is 0 Å². The summed E-state index contributed by atoms with van der Waals surface area (Å²) in [4.78, 5) is 29.5. The van der Waals surface area contributed by atoms with E-state index in [0.717, 1.165) is 0 Å². The number of anilines is 1. The Balaban J connectivity index is 1.98. The van der Waals surface area contributed by atoms with Gasteiger partial charge in [-0.25, -0.2) is 9.88 Å². The smallest absolute Gasteiger partial charge is 0.239 e. The molecule has 1 aromatic rings. The number of aromatic nitrogens is 1. The summed E-state index contributed by atoms with van der Waals surface area (Å²) in [6.45, 7) is 0. The highest BCUT2D eigenvalue weighted by Gasteiger charge is 2.48. The van der Waals surface area contributed by atoms with Gasteiger partial charge in [-0.3, -0.25) is 9.59 Å². The molecule has 1 fully saturated rings. The van der Waals surface area contributed by atoms with Crippen LogP contribution in [-0.2, 0) is 9.59 Å². The topological polar surface area (TPSA) is 50.3 Å². The number of amides is 2. The second kappa shape index (κ2) is 3.52. The van der Waals surface area contributed by atoms with Gasteiger partial charge in [-0.2, -0.15) is 0 Å². The van der Waals surface area contributed by atoms with Crippen LogP contribution in [0.15, 0.2) is 23.7 Å². The van der Waals surface area contributed by atoms with E-state index in [1.165, 1.54) is 16.2 Å². The number of fused-ring (bicyclic) bond motifs is 1. The van der Waals surface area contributed by atoms with E-state index in [0.29, 0.717) is 18.0 Å². The highest BCUT2D eigenvalue weighted by molar-refractivity contribution is 7.14. The summed E-state index contributed by atoms with van der Waals surface area (Å²) in [6.07, 6.45) is 6.93. The molecule has 2 aliphatic rings. The molecule has 4 nitrogen and oxygen atoms in total. The average Bonchev–Trinajstić information content (AvgIpc) is 2.89. The maximum Gasteiger partial charge on any atom is 0.239 e. The van der Waals surface area contributed by atoms with Crippen LogP contribution in [0.1, 0.15) is 12.8 Å². The first kappa shape index (κ1) is 9.72. The molecule has 0 saturated carbocycles. The van der Waals surface area contributed by atoms with Gasteiger partial charge in [0.15, 0.2) is 5.13 Å². The Bertz CT molecular complexity index is 440. The summed E-state index contributed by atoms with van der Waals surface area (Å²) in [6, 6.07) is 0. The van der Waals surface area contributed by atoms with E-state index in [1.54, 1.807) is 11.6 Å². The molecule has 0 N–H and O–H groups in total. The summed E-state index contributed by atoms with van der Waals surface area (Å²) in [5.74, 6) is -0.508. The fourth-order valence-corrected chi connectivity index (χ4v) is 2.97. The fraction of sp³-hybridized carbons (Fsp3) is 0.364. The molecule has 0 spiro atoms. The van der Waals surface area contributed by atoms with Gasteiger partial charge in [-0.05, 0) is 12.8 Å². The van der Waals surface area contributed by atoms with Crippen molar-refractivity contribution in [1.82, 2.24) is 4.98 Å². The van der Waals surface area contributed by atoms with Crippen molar-refractivity contribution in [2.75, 3.05) is 4.90 Å². The number of imide groups is 1. The first-order valence-corrected chi connectivity index (χ1v) is 6.09. The van der Waals surface area contributed by atoms with Crippen molar-refractivity contribution in [2.45, 2.75) is 12.8 Å². The van der Waals surface area contributed by atoms with E-state index in [2.05, 4.69) is 4.98 Å². The number of thiazole rings is 1. The van der Waals surface area contributed by atoms with E-state index in [1.807, 2.05) is 12.2 Å². The standard InChI is InChI=1S/C11H10N2O2S/c14-9-7-3-1-2-4-8(7)10(15)13(9)11-12-5-6-16-11/h1-2,5-8H,3-4H2/t7-,8-/m1/s1. The predicted molar refractivity (Wildman–Crippen MR) is 60.0 cm³/mol. The molecule has 5 heteroatoms. The largest absolute Gasteiger partial charge is 0.274 e. The maximum atomic E-state index is 12.1. The number of allylic oxidation sites excluding steroid dienone is 2. The van der Waals surface area contributed by atoms with Crippen LogP contribution in [0.2, 0.25) is 0 Å². The third-order valence-electron chi connectivity index (χ3n) is 3.12. The Morgan fingerprint density at radius 1 is 1.19 bits per heavy atom. The van der Waals surface area contributed by atoms with Crippen molar-refractivity contribution in [3.8, 4) is 0 Å². The van der Waals surface area contributed by atoms with Crippen molar-refractivity contribution < 1.29 is 9.59 Å². The molecule has 16 heavy (non-hydrogen) atoms. The zero-order valence-corrected chi connectivity index (χ0v) is 9.31. The zero-order chi connectivity index (χ0) is 11.1. The summed E-state index contributed by atoms with van der Waals surface area (Å²) < 4.78 is 0. The molecule has 0 bridgehead atoms. The lowest BCUT2D eigenvalue weighted by Gasteiger charge is -2.14. The predicted octanol–water partition coefficient (Wildman–Crippen LogP) is 1.60. The molecule has 3 rings (SSSR count). The Morgan fingerprint density at radius 2 is 1.81 bits per heavy atom. The minimum absolute atomic E-state index is 0.0886. The van der Waals surface area contributed by atoms with Gasteiger partial charge in [0.2, 0.25) is 11.8 Å². The Kier molecular flexibility index (Phi) is 2.14. The Hall–Kier alpha value is -1.49. The summed E-state index contributed by atoms with van der Waals surface area (Å²) in [7, 11) is 0. The minimum atomic E-state index is -0.165. The van der Waals surface area contributed by atoms with Crippen LogP contribution in [0.3, 0.4) is 0 Å². The van der Waals surface area contributed by atoms with Crippen LogP contribution in [0.5, 0.6) is 0 Å². The van der Waals surface area contributed by atoms with Crippen molar-refractivity contribution in [1.29, 1.82) is 0 Å². The van der Waals surface area contributed by atoms with Crippen LogP contribution >= 0.6 is 11.3 Å². The van der Waals surface area contributed by atoms with E-state index < -0.39 is 0 Å². The SMILES string of the molecule is O=C1[C@@H]2CC=CC[C@H]2C(=O)N1c1nccs1. The van der Waals surface area contributed by atoms with Crippen molar-refractivity contribution in [3.05, 3.63) is 23.7 Å². The number of hydrogen-bond acceptors (Lipinski definition) is 4. The third kappa shape index (κ3) is 1.24. The van der Waals surface area contributed by atoms with E-state index in [9.17, 15) is 9.59 Å². The van der Waals surface area contributed by atoms with Crippen LogP contribution in [0, 0.1) is 11.8 Å². The van der Waals surface area contributed by atoms with Gasteiger partial charge in [0.05, 0.1) is 11.8 Å². The zero-order valence-electron chi connectivity index (χ0n) is 8.50. The van der Waals surface area contributed by atoms with E-state index >= 15 is 0 Å². The fourth-order valence-electron chi connectivity index (χ4n) is 2.32. The van der Waals surface area contributed by atoms with Gasteiger partial charge in [-0.15, -0.1) is 11.3 Å². The highest BCUT2D eigenvalue weighted by Crippen LogP contribution is 2.37. The molecule has 1 aromatic heterocycles. The molecule has 1 aliphatic heterocycles. The number of carbonyl (C=O) groups is 2. The number of hydrogen-bond donors (Lipinski definition) is 0. The molecule has 2 heterocycles. The van der Waals surface area contributed by atoms with Gasteiger partial charge in [-0.1, -0.05) is 12.2 Å². The second-order valence-corrected chi connectivity index (χ2v) is 4.86. The first-order chi connectivity index (χ1) is 7.79. The number of carbonyl (C=O) groups excluding carboxylic acids is 2. The summed E-state index contributed by atoms with van der Waals surface area (Å²) in [5, 5.41) is 2.28. The van der Waals surface area contributed by atoms with E-state index in [4.69, 9.17) is 0 Å². The number of rotatable bonds is 1. The van der Waals surface area contributed by atoms with Gasteiger partial charge >= 0.3 is 0 Å². The Morgan fingerprint density at radius 3 is 2.31 bits per heavy atom. The molecule has 0 unspecified atom stereocenters. The average molecular weight is 234 g/mol. The Labute approximate surface area is 96.6 Å². The lowest BCUT2D eigenvalue weighted by Crippen LogP contribution is -2.30. The molecule has 1 saturated heterocycles.